The van der Waals surface area contributed by atoms with E-state index in [1.54, 1.807) is 5.19 Å². The normalized spacial score (nSPS) is 13.7. The first-order valence-electron chi connectivity index (χ1n) is 10.7. The van der Waals surface area contributed by atoms with Crippen LogP contribution < -0.4 is 5.19 Å². The van der Waals surface area contributed by atoms with Crippen LogP contribution in [0.15, 0.2) is 85.1 Å². The SMILES string of the molecule is Cc1cc2cc3ccc[nH]c3cc2c1[Si](C)(C)C1c2ccccc2-c2ccccc21. The van der Waals surface area contributed by atoms with E-state index in [0.717, 1.165) is 0 Å². The molecule has 1 nitrogen and oxygen atoms in total. The number of nitrogens with one attached hydrogen (secondary N) is 1. The van der Waals surface area contributed by atoms with Gasteiger partial charge in [0.05, 0.1) is 8.07 Å². The molecule has 1 N–H and O–H groups in total. The molecule has 1 aliphatic rings. The third-order valence-corrected chi connectivity index (χ3v) is 11.1. The lowest BCUT2D eigenvalue weighted by atomic mass is 10.1. The molecule has 0 saturated heterocycles. The average molecular weight is 404 g/mol. The Morgan fingerprint density at radius 3 is 2.10 bits per heavy atom. The summed E-state index contributed by atoms with van der Waals surface area (Å²) in [5.41, 5.74) is 9.00. The second-order valence-corrected chi connectivity index (χ2v) is 13.7. The molecule has 6 rings (SSSR count). The molecular formula is C28H25NSi. The minimum atomic E-state index is -1.91. The highest BCUT2D eigenvalue weighted by Crippen LogP contribution is 2.49. The first kappa shape index (κ1) is 17.7. The van der Waals surface area contributed by atoms with Crippen LogP contribution in [0.2, 0.25) is 13.1 Å². The highest BCUT2D eigenvalue weighted by atomic mass is 28.3. The average Bonchev–Trinajstić information content (AvgIpc) is 3.26. The number of hydrogen-bond acceptors (Lipinski definition) is 0. The summed E-state index contributed by atoms with van der Waals surface area (Å²) in [6.45, 7) is 7.44. The maximum atomic E-state index is 3.45. The van der Waals surface area contributed by atoms with Crippen LogP contribution in [0.5, 0.6) is 0 Å². The molecule has 1 heterocycles. The fourth-order valence-corrected chi connectivity index (χ4v) is 10.3. The van der Waals surface area contributed by atoms with Crippen LogP contribution in [0.4, 0.5) is 0 Å². The van der Waals surface area contributed by atoms with Gasteiger partial charge in [0.1, 0.15) is 0 Å². The predicted molar refractivity (Wildman–Crippen MR) is 131 cm³/mol. The number of fused-ring (bicyclic) bond motifs is 5. The van der Waals surface area contributed by atoms with Crippen molar-refractivity contribution in [1.82, 2.24) is 4.98 Å². The second-order valence-electron chi connectivity index (χ2n) is 9.23. The fraction of sp³-hybridized carbons (Fsp3) is 0.143. The Kier molecular flexibility index (Phi) is 3.66. The predicted octanol–water partition coefficient (Wildman–Crippen LogP) is 6.90. The lowest BCUT2D eigenvalue weighted by Crippen LogP contribution is -2.48. The smallest absolute Gasteiger partial charge is 0.0939 e. The number of benzene rings is 3. The van der Waals surface area contributed by atoms with Gasteiger partial charge in [0.2, 0.25) is 0 Å². The molecule has 146 valence electrons. The molecule has 0 amide bonds. The van der Waals surface area contributed by atoms with Gasteiger partial charge in [0.25, 0.3) is 0 Å². The number of aromatic amines is 1. The molecule has 0 aliphatic heterocycles. The molecule has 1 aromatic heterocycles. The Bertz CT molecular complexity index is 1390. The van der Waals surface area contributed by atoms with Gasteiger partial charge in [-0.05, 0) is 68.7 Å². The van der Waals surface area contributed by atoms with Crippen molar-refractivity contribution in [3.05, 3.63) is 102 Å². The van der Waals surface area contributed by atoms with E-state index in [1.807, 2.05) is 6.20 Å². The standard InChI is InChI=1S/C28H25NSi/c1-18-15-20-16-19-9-8-14-29-26(19)17-25(20)27(18)30(2,3)28-23-12-6-4-10-21(23)22-11-5-7-13-24(22)28/h4-17,28-29H,1-3H3. The molecule has 0 fully saturated rings. The highest BCUT2D eigenvalue weighted by Gasteiger charge is 2.43. The molecule has 5 aromatic rings. The van der Waals surface area contributed by atoms with Gasteiger partial charge in [-0.15, -0.1) is 0 Å². The summed E-state index contributed by atoms with van der Waals surface area (Å²) in [5, 5.41) is 5.68. The van der Waals surface area contributed by atoms with Gasteiger partial charge in [0, 0.05) is 17.3 Å². The van der Waals surface area contributed by atoms with Gasteiger partial charge in [-0.3, -0.25) is 0 Å². The number of pyridine rings is 1. The van der Waals surface area contributed by atoms with E-state index in [2.05, 4.69) is 104 Å². The molecule has 30 heavy (non-hydrogen) atoms. The monoisotopic (exact) mass is 403 g/mol. The Hall–Kier alpha value is -3.10. The molecule has 2 heteroatoms. The first-order valence-corrected chi connectivity index (χ1v) is 13.8. The maximum Gasteiger partial charge on any atom is 0.0939 e. The minimum Gasteiger partial charge on any atom is -0.361 e. The maximum absolute atomic E-state index is 3.45. The van der Waals surface area contributed by atoms with Crippen molar-refractivity contribution in [2.45, 2.75) is 25.6 Å². The number of aromatic nitrogens is 1. The highest BCUT2D eigenvalue weighted by molar-refractivity contribution is 6.93. The number of aryl methyl sites for hydroxylation is 1. The Morgan fingerprint density at radius 2 is 1.40 bits per heavy atom. The van der Waals surface area contributed by atoms with Crippen molar-refractivity contribution in [2.75, 3.05) is 0 Å². The topological polar surface area (TPSA) is 15.8 Å². The molecule has 0 saturated carbocycles. The van der Waals surface area contributed by atoms with E-state index in [-0.39, 0.29) is 0 Å². The molecule has 1 aliphatic carbocycles. The van der Waals surface area contributed by atoms with E-state index in [4.69, 9.17) is 0 Å². The molecular weight excluding hydrogens is 378 g/mol. The van der Waals surface area contributed by atoms with Gasteiger partial charge in [-0.25, -0.2) is 0 Å². The lowest BCUT2D eigenvalue weighted by molar-refractivity contribution is 1.13. The van der Waals surface area contributed by atoms with Gasteiger partial charge in [-0.2, -0.15) is 0 Å². The largest absolute Gasteiger partial charge is 0.361 e. The fourth-order valence-electron chi connectivity index (χ4n) is 5.97. The van der Waals surface area contributed by atoms with Crippen LogP contribution in [0.1, 0.15) is 22.2 Å². The van der Waals surface area contributed by atoms with Gasteiger partial charge < -0.3 is 4.98 Å². The third kappa shape index (κ3) is 2.34. The number of rotatable bonds is 2. The third-order valence-electron chi connectivity index (χ3n) is 7.07. The summed E-state index contributed by atoms with van der Waals surface area (Å²) in [4.78, 5) is 3.45. The van der Waals surface area contributed by atoms with Crippen molar-refractivity contribution in [3.63, 3.8) is 0 Å². The van der Waals surface area contributed by atoms with Crippen LogP contribution in [-0.4, -0.2) is 13.1 Å². The molecule has 0 atom stereocenters. The van der Waals surface area contributed by atoms with E-state index in [1.165, 1.54) is 49.5 Å². The Morgan fingerprint density at radius 1 is 0.733 bits per heavy atom. The summed E-state index contributed by atoms with van der Waals surface area (Å²) in [7, 11) is -1.91. The van der Waals surface area contributed by atoms with Crippen molar-refractivity contribution in [3.8, 4) is 11.1 Å². The zero-order chi connectivity index (χ0) is 20.5. The summed E-state index contributed by atoms with van der Waals surface area (Å²) < 4.78 is 0. The van der Waals surface area contributed by atoms with Crippen LogP contribution in [0.3, 0.4) is 0 Å². The first-order chi connectivity index (χ1) is 14.6. The second kappa shape index (κ2) is 6.20. The van der Waals surface area contributed by atoms with Gasteiger partial charge in [-0.1, -0.05) is 79.3 Å². The summed E-state index contributed by atoms with van der Waals surface area (Å²) in [6, 6.07) is 29.5. The molecule has 4 aromatic carbocycles. The van der Waals surface area contributed by atoms with Gasteiger partial charge in [0.15, 0.2) is 0 Å². The zero-order valence-electron chi connectivity index (χ0n) is 17.7. The Balaban J connectivity index is 1.64. The molecule has 0 spiro atoms. The molecule has 0 unspecified atom stereocenters. The van der Waals surface area contributed by atoms with Crippen molar-refractivity contribution in [1.29, 1.82) is 0 Å². The Labute approximate surface area is 178 Å². The summed E-state index contributed by atoms with van der Waals surface area (Å²) in [5.74, 6) is 0. The van der Waals surface area contributed by atoms with E-state index >= 15 is 0 Å². The number of H-pyrrole nitrogens is 1. The van der Waals surface area contributed by atoms with Gasteiger partial charge >= 0.3 is 0 Å². The zero-order valence-corrected chi connectivity index (χ0v) is 18.7. The summed E-state index contributed by atoms with van der Waals surface area (Å²) >= 11 is 0. The quantitative estimate of drug-likeness (QED) is 0.309. The summed E-state index contributed by atoms with van der Waals surface area (Å²) in [6.07, 6.45) is 2.02. The molecule has 0 bridgehead atoms. The van der Waals surface area contributed by atoms with Crippen molar-refractivity contribution in [2.24, 2.45) is 0 Å². The van der Waals surface area contributed by atoms with Crippen LogP contribution in [-0.2, 0) is 0 Å². The van der Waals surface area contributed by atoms with Crippen LogP contribution >= 0.6 is 0 Å². The van der Waals surface area contributed by atoms with Crippen LogP contribution in [0, 0.1) is 6.92 Å². The van der Waals surface area contributed by atoms with E-state index < -0.39 is 8.07 Å². The van der Waals surface area contributed by atoms with E-state index in [9.17, 15) is 0 Å². The van der Waals surface area contributed by atoms with E-state index in [0.29, 0.717) is 5.54 Å². The molecule has 0 radical (unpaired) electrons. The lowest BCUT2D eigenvalue weighted by Gasteiger charge is -2.33. The van der Waals surface area contributed by atoms with Crippen molar-refractivity contribution < 1.29 is 0 Å². The number of hydrogen-bond donors (Lipinski definition) is 1. The van der Waals surface area contributed by atoms with Crippen LogP contribution in [0.25, 0.3) is 32.8 Å². The minimum absolute atomic E-state index is 0.477. The van der Waals surface area contributed by atoms with Crippen molar-refractivity contribution >= 4 is 34.9 Å².